The zero-order valence-corrected chi connectivity index (χ0v) is 6.65. The normalized spacial score (nSPS) is 15.1. The summed E-state index contributed by atoms with van der Waals surface area (Å²) in [6.07, 6.45) is 2.81. The van der Waals surface area contributed by atoms with Gasteiger partial charge in [-0.15, -0.1) is 6.58 Å². The fraction of sp³-hybridized carbons (Fsp3) is 0.750. The quantitative estimate of drug-likeness (QED) is 0.564. The molecular formula is C8H17N. The first-order chi connectivity index (χ1) is 3.95. The van der Waals surface area contributed by atoms with E-state index in [1.165, 1.54) is 0 Å². The van der Waals surface area contributed by atoms with Gasteiger partial charge in [0.05, 0.1) is 0 Å². The van der Waals surface area contributed by atoms with Crippen LogP contribution in [0.4, 0.5) is 0 Å². The van der Waals surface area contributed by atoms with E-state index < -0.39 is 0 Å². The third kappa shape index (κ3) is 5.57. The van der Waals surface area contributed by atoms with Crippen molar-refractivity contribution in [3.05, 3.63) is 12.7 Å². The Hall–Kier alpha value is -0.300. The summed E-state index contributed by atoms with van der Waals surface area (Å²) in [7, 11) is 0. The molecule has 0 aliphatic rings. The SMILES string of the molecule is C=CC(N)CC(C)(C)C. The van der Waals surface area contributed by atoms with Crippen molar-refractivity contribution in [2.24, 2.45) is 11.1 Å². The molecule has 0 heterocycles. The molecule has 54 valence electrons. The summed E-state index contributed by atoms with van der Waals surface area (Å²) in [5.41, 5.74) is 5.97. The largest absolute Gasteiger partial charge is 0.324 e. The minimum absolute atomic E-state index is 0.157. The van der Waals surface area contributed by atoms with Gasteiger partial charge in [-0.05, 0) is 11.8 Å². The first-order valence-corrected chi connectivity index (χ1v) is 3.34. The Morgan fingerprint density at radius 2 is 2.00 bits per heavy atom. The second-order valence-corrected chi connectivity index (χ2v) is 3.66. The number of nitrogens with two attached hydrogens (primary N) is 1. The minimum Gasteiger partial charge on any atom is -0.324 e. The van der Waals surface area contributed by atoms with E-state index in [4.69, 9.17) is 5.73 Å². The highest BCUT2D eigenvalue weighted by atomic mass is 14.6. The maximum absolute atomic E-state index is 5.64. The van der Waals surface area contributed by atoms with E-state index in [9.17, 15) is 0 Å². The highest BCUT2D eigenvalue weighted by Gasteiger charge is 2.12. The summed E-state index contributed by atoms with van der Waals surface area (Å²) >= 11 is 0. The molecule has 1 atom stereocenters. The highest BCUT2D eigenvalue weighted by Crippen LogP contribution is 2.19. The molecule has 1 heteroatoms. The Bertz CT molecular complexity index is 89.2. The van der Waals surface area contributed by atoms with Crippen molar-refractivity contribution in [1.29, 1.82) is 0 Å². The van der Waals surface area contributed by atoms with Gasteiger partial charge in [0.25, 0.3) is 0 Å². The Kier molecular flexibility index (Phi) is 2.92. The Labute approximate surface area is 57.9 Å². The molecule has 0 fully saturated rings. The maximum Gasteiger partial charge on any atom is 0.0226 e. The monoisotopic (exact) mass is 127 g/mol. The summed E-state index contributed by atoms with van der Waals surface area (Å²) in [6, 6.07) is 0.157. The zero-order chi connectivity index (χ0) is 7.49. The van der Waals surface area contributed by atoms with E-state index in [0.29, 0.717) is 5.41 Å². The molecule has 0 aliphatic heterocycles. The highest BCUT2D eigenvalue weighted by molar-refractivity contribution is 4.85. The molecule has 0 bridgehead atoms. The van der Waals surface area contributed by atoms with Crippen molar-refractivity contribution < 1.29 is 0 Å². The van der Waals surface area contributed by atoms with E-state index in [1.54, 1.807) is 6.08 Å². The van der Waals surface area contributed by atoms with Crippen LogP contribution in [0.3, 0.4) is 0 Å². The van der Waals surface area contributed by atoms with E-state index in [2.05, 4.69) is 27.4 Å². The molecule has 9 heavy (non-hydrogen) atoms. The van der Waals surface area contributed by atoms with Gasteiger partial charge in [0.15, 0.2) is 0 Å². The van der Waals surface area contributed by atoms with Crippen LogP contribution in [0.25, 0.3) is 0 Å². The van der Waals surface area contributed by atoms with Gasteiger partial charge in [-0.1, -0.05) is 26.8 Å². The third-order valence-electron chi connectivity index (χ3n) is 1.15. The van der Waals surface area contributed by atoms with Crippen molar-refractivity contribution in [2.75, 3.05) is 0 Å². The lowest BCUT2D eigenvalue weighted by atomic mass is 9.88. The van der Waals surface area contributed by atoms with Crippen molar-refractivity contribution >= 4 is 0 Å². The van der Waals surface area contributed by atoms with Crippen LogP contribution in [-0.4, -0.2) is 6.04 Å². The summed E-state index contributed by atoms with van der Waals surface area (Å²) in [5, 5.41) is 0. The molecule has 0 amide bonds. The fourth-order valence-electron chi connectivity index (χ4n) is 0.790. The molecular weight excluding hydrogens is 110 g/mol. The summed E-state index contributed by atoms with van der Waals surface area (Å²) in [5.74, 6) is 0. The van der Waals surface area contributed by atoms with Crippen molar-refractivity contribution in [1.82, 2.24) is 0 Å². The van der Waals surface area contributed by atoms with Gasteiger partial charge in [-0.2, -0.15) is 0 Å². The standard InChI is InChI=1S/C8H17N/c1-5-7(9)6-8(2,3)4/h5,7H,1,6,9H2,2-4H3. The van der Waals surface area contributed by atoms with Crippen LogP contribution in [-0.2, 0) is 0 Å². The van der Waals surface area contributed by atoms with Gasteiger partial charge in [-0.25, -0.2) is 0 Å². The van der Waals surface area contributed by atoms with Crippen molar-refractivity contribution in [2.45, 2.75) is 33.2 Å². The fourth-order valence-corrected chi connectivity index (χ4v) is 0.790. The lowest BCUT2D eigenvalue weighted by Gasteiger charge is -2.20. The average molecular weight is 127 g/mol. The van der Waals surface area contributed by atoms with Crippen LogP contribution >= 0.6 is 0 Å². The molecule has 0 aromatic carbocycles. The van der Waals surface area contributed by atoms with E-state index in [-0.39, 0.29) is 6.04 Å². The molecule has 0 aromatic heterocycles. The molecule has 0 saturated heterocycles. The molecule has 0 radical (unpaired) electrons. The van der Waals surface area contributed by atoms with Crippen LogP contribution in [0.2, 0.25) is 0 Å². The van der Waals surface area contributed by atoms with Gasteiger partial charge >= 0.3 is 0 Å². The maximum atomic E-state index is 5.64. The molecule has 1 nitrogen and oxygen atoms in total. The first kappa shape index (κ1) is 8.70. The Morgan fingerprint density at radius 3 is 2.11 bits per heavy atom. The smallest absolute Gasteiger partial charge is 0.0226 e. The first-order valence-electron chi connectivity index (χ1n) is 3.34. The number of hydrogen-bond acceptors (Lipinski definition) is 1. The molecule has 1 unspecified atom stereocenters. The average Bonchev–Trinajstić information content (AvgIpc) is 1.62. The van der Waals surface area contributed by atoms with Gasteiger partial charge in [0.1, 0.15) is 0 Å². The lowest BCUT2D eigenvalue weighted by molar-refractivity contribution is 0.361. The minimum atomic E-state index is 0.157. The molecule has 0 aliphatic carbocycles. The third-order valence-corrected chi connectivity index (χ3v) is 1.15. The zero-order valence-electron chi connectivity index (χ0n) is 6.65. The van der Waals surface area contributed by atoms with E-state index in [0.717, 1.165) is 6.42 Å². The van der Waals surface area contributed by atoms with Crippen LogP contribution < -0.4 is 5.73 Å². The van der Waals surface area contributed by atoms with Crippen LogP contribution in [0, 0.1) is 5.41 Å². The predicted octanol–water partition coefficient (Wildman–Crippen LogP) is 1.94. The van der Waals surface area contributed by atoms with Crippen LogP contribution in [0.15, 0.2) is 12.7 Å². The predicted molar refractivity (Wildman–Crippen MR) is 42.2 cm³/mol. The Morgan fingerprint density at radius 1 is 1.56 bits per heavy atom. The van der Waals surface area contributed by atoms with Gasteiger partial charge in [0, 0.05) is 6.04 Å². The molecule has 0 aromatic rings. The topological polar surface area (TPSA) is 26.0 Å². The van der Waals surface area contributed by atoms with Gasteiger partial charge in [0.2, 0.25) is 0 Å². The van der Waals surface area contributed by atoms with Crippen molar-refractivity contribution in [3.8, 4) is 0 Å². The molecule has 0 rings (SSSR count). The van der Waals surface area contributed by atoms with Crippen molar-refractivity contribution in [3.63, 3.8) is 0 Å². The summed E-state index contributed by atoms with van der Waals surface area (Å²) in [6.45, 7) is 10.2. The van der Waals surface area contributed by atoms with Gasteiger partial charge < -0.3 is 5.73 Å². The molecule has 2 N–H and O–H groups in total. The van der Waals surface area contributed by atoms with Gasteiger partial charge in [-0.3, -0.25) is 0 Å². The van der Waals surface area contributed by atoms with E-state index in [1.807, 2.05) is 0 Å². The number of hydrogen-bond donors (Lipinski definition) is 1. The summed E-state index contributed by atoms with van der Waals surface area (Å²) in [4.78, 5) is 0. The summed E-state index contributed by atoms with van der Waals surface area (Å²) < 4.78 is 0. The second-order valence-electron chi connectivity index (χ2n) is 3.66. The lowest BCUT2D eigenvalue weighted by Crippen LogP contribution is -2.23. The molecule has 0 spiro atoms. The second kappa shape index (κ2) is 3.02. The van der Waals surface area contributed by atoms with Crippen LogP contribution in [0.1, 0.15) is 27.2 Å². The van der Waals surface area contributed by atoms with Crippen LogP contribution in [0.5, 0.6) is 0 Å². The molecule has 0 saturated carbocycles. The van der Waals surface area contributed by atoms with E-state index >= 15 is 0 Å². The Balaban J connectivity index is 3.59. The number of rotatable bonds is 2.